The van der Waals surface area contributed by atoms with Crippen molar-refractivity contribution in [2.24, 2.45) is 23.2 Å². The Bertz CT molecular complexity index is 374. The Morgan fingerprint density at radius 2 is 1.89 bits per heavy atom. The summed E-state index contributed by atoms with van der Waals surface area (Å²) in [7, 11) is 0. The fraction of sp³-hybridized carbons (Fsp3) is 0.867. The Hall–Kier alpha value is -1.06. The standard InChI is InChI=1S/C15H25NO3/c1-10(11-6-7-11)13(17)16-8-4-5-12(9-16)15(2,3)14(18)19/h10-12H,4-9H2,1-3H3,(H,18,19). The smallest absolute Gasteiger partial charge is 0.309 e. The minimum absolute atomic E-state index is 0.0640. The third-order valence-electron chi connectivity index (χ3n) is 5.02. The molecule has 2 atom stereocenters. The third-order valence-corrected chi connectivity index (χ3v) is 5.02. The quantitative estimate of drug-likeness (QED) is 0.850. The van der Waals surface area contributed by atoms with Crippen molar-refractivity contribution in [3.63, 3.8) is 0 Å². The average Bonchev–Trinajstić information content (AvgIpc) is 3.21. The van der Waals surface area contributed by atoms with E-state index < -0.39 is 11.4 Å². The van der Waals surface area contributed by atoms with Gasteiger partial charge in [0.05, 0.1) is 5.41 Å². The van der Waals surface area contributed by atoms with Crippen LogP contribution in [0.25, 0.3) is 0 Å². The van der Waals surface area contributed by atoms with Gasteiger partial charge in [-0.15, -0.1) is 0 Å². The summed E-state index contributed by atoms with van der Waals surface area (Å²) < 4.78 is 0. The molecule has 1 amide bonds. The molecule has 0 aromatic heterocycles. The molecule has 4 heteroatoms. The summed E-state index contributed by atoms with van der Waals surface area (Å²) in [5.41, 5.74) is -0.748. The molecule has 2 rings (SSSR count). The van der Waals surface area contributed by atoms with E-state index in [2.05, 4.69) is 0 Å². The number of rotatable bonds is 4. The number of amides is 1. The summed E-state index contributed by atoms with van der Waals surface area (Å²) in [4.78, 5) is 25.7. The van der Waals surface area contributed by atoms with Crippen molar-refractivity contribution in [1.29, 1.82) is 0 Å². The predicted octanol–water partition coefficient (Wildman–Crippen LogP) is 2.38. The van der Waals surface area contributed by atoms with Gasteiger partial charge in [-0.1, -0.05) is 6.92 Å². The lowest BCUT2D eigenvalue weighted by atomic mass is 9.74. The van der Waals surface area contributed by atoms with E-state index in [-0.39, 0.29) is 17.7 Å². The molecule has 0 bridgehead atoms. The monoisotopic (exact) mass is 267 g/mol. The van der Waals surface area contributed by atoms with Crippen LogP contribution in [0.2, 0.25) is 0 Å². The molecule has 0 aromatic carbocycles. The van der Waals surface area contributed by atoms with Gasteiger partial charge in [0.15, 0.2) is 0 Å². The largest absolute Gasteiger partial charge is 0.481 e. The van der Waals surface area contributed by atoms with Crippen molar-refractivity contribution < 1.29 is 14.7 Å². The molecule has 2 fully saturated rings. The molecule has 19 heavy (non-hydrogen) atoms. The Morgan fingerprint density at radius 1 is 1.26 bits per heavy atom. The highest BCUT2D eigenvalue weighted by atomic mass is 16.4. The number of piperidine rings is 1. The number of carbonyl (C=O) groups is 2. The Labute approximate surface area is 115 Å². The first-order valence-corrected chi connectivity index (χ1v) is 7.36. The van der Waals surface area contributed by atoms with Crippen LogP contribution in [0.15, 0.2) is 0 Å². The van der Waals surface area contributed by atoms with Crippen LogP contribution in [-0.4, -0.2) is 35.0 Å². The minimum atomic E-state index is -0.762. The highest BCUT2D eigenvalue weighted by molar-refractivity contribution is 5.79. The van der Waals surface area contributed by atoms with E-state index in [0.29, 0.717) is 12.5 Å². The fourth-order valence-electron chi connectivity index (χ4n) is 3.03. The highest BCUT2D eigenvalue weighted by Crippen LogP contribution is 2.39. The summed E-state index contributed by atoms with van der Waals surface area (Å²) >= 11 is 0. The second-order valence-electron chi connectivity index (χ2n) is 6.78. The maximum Gasteiger partial charge on any atom is 0.309 e. The van der Waals surface area contributed by atoms with Crippen LogP contribution >= 0.6 is 0 Å². The maximum absolute atomic E-state index is 12.4. The van der Waals surface area contributed by atoms with Crippen LogP contribution in [0.4, 0.5) is 0 Å². The van der Waals surface area contributed by atoms with E-state index in [1.807, 2.05) is 11.8 Å². The number of aliphatic carboxylic acids is 1. The van der Waals surface area contributed by atoms with Crippen LogP contribution < -0.4 is 0 Å². The molecule has 0 aromatic rings. The van der Waals surface area contributed by atoms with Crippen molar-refractivity contribution in [3.05, 3.63) is 0 Å². The Balaban J connectivity index is 2.00. The van der Waals surface area contributed by atoms with Gasteiger partial charge in [-0.2, -0.15) is 0 Å². The number of carboxylic acids is 1. The Kier molecular flexibility index (Phi) is 3.88. The zero-order chi connectivity index (χ0) is 14.2. The first-order valence-electron chi connectivity index (χ1n) is 7.36. The van der Waals surface area contributed by atoms with Crippen molar-refractivity contribution in [2.75, 3.05) is 13.1 Å². The van der Waals surface area contributed by atoms with E-state index in [0.717, 1.165) is 19.4 Å². The lowest BCUT2D eigenvalue weighted by Gasteiger charge is -2.40. The fourth-order valence-corrected chi connectivity index (χ4v) is 3.03. The van der Waals surface area contributed by atoms with E-state index >= 15 is 0 Å². The van der Waals surface area contributed by atoms with E-state index in [1.165, 1.54) is 12.8 Å². The van der Waals surface area contributed by atoms with Crippen LogP contribution in [0.3, 0.4) is 0 Å². The molecule has 1 saturated heterocycles. The first-order chi connectivity index (χ1) is 8.84. The molecule has 1 heterocycles. The van der Waals surface area contributed by atoms with Gasteiger partial charge in [0.1, 0.15) is 0 Å². The van der Waals surface area contributed by atoms with Gasteiger partial charge in [0.2, 0.25) is 5.91 Å². The van der Waals surface area contributed by atoms with Crippen molar-refractivity contribution in [1.82, 2.24) is 4.90 Å². The van der Waals surface area contributed by atoms with Gasteiger partial charge in [0.25, 0.3) is 0 Å². The summed E-state index contributed by atoms with van der Waals surface area (Å²) in [5.74, 6) is 0.219. The number of carbonyl (C=O) groups excluding carboxylic acids is 1. The maximum atomic E-state index is 12.4. The second-order valence-corrected chi connectivity index (χ2v) is 6.78. The molecule has 0 radical (unpaired) electrons. The molecule has 1 N–H and O–H groups in total. The summed E-state index contributed by atoms with van der Waals surface area (Å²) in [6.07, 6.45) is 4.17. The third kappa shape index (κ3) is 2.93. The summed E-state index contributed by atoms with van der Waals surface area (Å²) in [6, 6.07) is 0. The molecular formula is C15H25NO3. The van der Waals surface area contributed by atoms with Crippen molar-refractivity contribution in [3.8, 4) is 0 Å². The van der Waals surface area contributed by atoms with Crippen LogP contribution in [0.1, 0.15) is 46.5 Å². The zero-order valence-corrected chi connectivity index (χ0v) is 12.2. The molecule has 2 unspecified atom stereocenters. The topological polar surface area (TPSA) is 57.6 Å². The van der Waals surface area contributed by atoms with E-state index in [1.54, 1.807) is 13.8 Å². The SMILES string of the molecule is CC(C(=O)N1CCCC(C(C)(C)C(=O)O)C1)C1CC1. The van der Waals surface area contributed by atoms with Gasteiger partial charge in [-0.05, 0) is 51.4 Å². The lowest BCUT2D eigenvalue weighted by molar-refractivity contribution is -0.153. The lowest BCUT2D eigenvalue weighted by Crippen LogP contribution is -2.48. The predicted molar refractivity (Wildman–Crippen MR) is 72.6 cm³/mol. The minimum Gasteiger partial charge on any atom is -0.481 e. The number of hydrogen-bond acceptors (Lipinski definition) is 2. The van der Waals surface area contributed by atoms with Crippen LogP contribution in [0, 0.1) is 23.2 Å². The van der Waals surface area contributed by atoms with Gasteiger partial charge >= 0.3 is 5.97 Å². The van der Waals surface area contributed by atoms with E-state index in [4.69, 9.17) is 0 Å². The van der Waals surface area contributed by atoms with Crippen molar-refractivity contribution >= 4 is 11.9 Å². The van der Waals surface area contributed by atoms with E-state index in [9.17, 15) is 14.7 Å². The Morgan fingerprint density at radius 3 is 2.42 bits per heavy atom. The molecule has 2 aliphatic rings. The molecule has 4 nitrogen and oxygen atoms in total. The summed E-state index contributed by atoms with van der Waals surface area (Å²) in [5, 5.41) is 9.32. The van der Waals surface area contributed by atoms with Gasteiger partial charge in [-0.25, -0.2) is 0 Å². The number of nitrogens with zero attached hydrogens (tertiary/aromatic N) is 1. The molecule has 0 spiro atoms. The number of hydrogen-bond donors (Lipinski definition) is 1. The second kappa shape index (κ2) is 5.14. The zero-order valence-electron chi connectivity index (χ0n) is 12.2. The summed E-state index contributed by atoms with van der Waals surface area (Å²) in [6.45, 7) is 6.97. The van der Waals surface area contributed by atoms with Gasteiger partial charge in [0, 0.05) is 19.0 Å². The number of carboxylic acid groups (broad SMARTS) is 1. The molecule has 108 valence electrons. The van der Waals surface area contributed by atoms with Gasteiger partial charge < -0.3 is 10.0 Å². The average molecular weight is 267 g/mol. The highest BCUT2D eigenvalue weighted by Gasteiger charge is 2.42. The first kappa shape index (κ1) is 14.4. The van der Waals surface area contributed by atoms with Crippen LogP contribution in [-0.2, 0) is 9.59 Å². The number of likely N-dealkylation sites (tertiary alicyclic amines) is 1. The molecule has 1 saturated carbocycles. The van der Waals surface area contributed by atoms with Crippen molar-refractivity contribution in [2.45, 2.75) is 46.5 Å². The normalized spacial score (nSPS) is 26.1. The molecule has 1 aliphatic heterocycles. The molecule has 1 aliphatic carbocycles. The van der Waals surface area contributed by atoms with Crippen LogP contribution in [0.5, 0.6) is 0 Å². The molecular weight excluding hydrogens is 242 g/mol. The van der Waals surface area contributed by atoms with Gasteiger partial charge in [-0.3, -0.25) is 9.59 Å².